The van der Waals surface area contributed by atoms with Crippen molar-refractivity contribution in [2.24, 2.45) is 0 Å². The van der Waals surface area contributed by atoms with Crippen LogP contribution in [0.15, 0.2) is 83.2 Å². The number of nitrogens with one attached hydrogen (secondary N) is 2. The minimum Gasteiger partial charge on any atom is -0.497 e. The van der Waals surface area contributed by atoms with Crippen molar-refractivity contribution < 1.29 is 9.53 Å². The summed E-state index contributed by atoms with van der Waals surface area (Å²) in [7, 11) is 1.63. The van der Waals surface area contributed by atoms with Gasteiger partial charge in [-0.2, -0.15) is 0 Å². The molecule has 0 aliphatic heterocycles. The lowest BCUT2D eigenvalue weighted by molar-refractivity contribution is -0.113. The van der Waals surface area contributed by atoms with E-state index >= 15 is 0 Å². The molecule has 8 heteroatoms. The summed E-state index contributed by atoms with van der Waals surface area (Å²) in [6.07, 6.45) is 0. The zero-order chi connectivity index (χ0) is 21.5. The van der Waals surface area contributed by atoms with Crippen LogP contribution < -0.4 is 15.4 Å². The van der Waals surface area contributed by atoms with E-state index in [4.69, 9.17) is 4.74 Å². The predicted octanol–water partition coefficient (Wildman–Crippen LogP) is 5.69. The van der Waals surface area contributed by atoms with Gasteiger partial charge in [-0.1, -0.05) is 71.6 Å². The Morgan fingerprint density at radius 2 is 1.71 bits per heavy atom. The zero-order valence-corrected chi connectivity index (χ0v) is 18.4. The molecule has 0 spiro atoms. The third-order valence-corrected chi connectivity index (χ3v) is 6.33. The number of rotatable bonds is 8. The third kappa shape index (κ3) is 5.62. The molecule has 3 aromatic carbocycles. The van der Waals surface area contributed by atoms with E-state index in [9.17, 15) is 4.79 Å². The molecule has 6 nitrogen and oxygen atoms in total. The number of para-hydroxylation sites is 1. The van der Waals surface area contributed by atoms with Crippen LogP contribution in [0.4, 0.5) is 16.5 Å². The SMILES string of the molecule is COc1ccc(Nc2nnc(SCC(=O)Nc3ccccc3-c3ccccc3)s2)cc1. The minimum atomic E-state index is -0.0896. The molecular weight excluding hydrogens is 428 g/mol. The number of methoxy groups -OCH3 is 1. The van der Waals surface area contributed by atoms with Crippen LogP contribution in [0.5, 0.6) is 5.75 Å². The summed E-state index contributed by atoms with van der Waals surface area (Å²) in [4.78, 5) is 12.5. The van der Waals surface area contributed by atoms with Crippen molar-refractivity contribution in [2.75, 3.05) is 23.5 Å². The van der Waals surface area contributed by atoms with Gasteiger partial charge in [-0.05, 0) is 35.9 Å². The van der Waals surface area contributed by atoms with Crippen LogP contribution in [0.3, 0.4) is 0 Å². The summed E-state index contributed by atoms with van der Waals surface area (Å²) in [5, 5.41) is 15.2. The summed E-state index contributed by atoms with van der Waals surface area (Å²) in [6.45, 7) is 0. The number of amides is 1. The van der Waals surface area contributed by atoms with Gasteiger partial charge in [0.05, 0.1) is 12.9 Å². The molecule has 1 amide bonds. The number of carbonyl (C=O) groups excluding carboxylic acids is 1. The van der Waals surface area contributed by atoms with E-state index in [1.165, 1.54) is 23.1 Å². The third-order valence-electron chi connectivity index (χ3n) is 4.36. The first-order valence-corrected chi connectivity index (χ1v) is 11.3. The second kappa shape index (κ2) is 10.1. The smallest absolute Gasteiger partial charge is 0.234 e. The zero-order valence-electron chi connectivity index (χ0n) is 16.7. The highest BCUT2D eigenvalue weighted by atomic mass is 32.2. The maximum atomic E-state index is 12.5. The Morgan fingerprint density at radius 1 is 0.968 bits per heavy atom. The molecule has 0 aliphatic rings. The molecule has 0 bridgehead atoms. The predicted molar refractivity (Wildman–Crippen MR) is 127 cm³/mol. The molecular formula is C23H20N4O2S2. The fraction of sp³-hybridized carbons (Fsp3) is 0.0870. The Bertz CT molecular complexity index is 1150. The summed E-state index contributed by atoms with van der Waals surface area (Å²) < 4.78 is 5.88. The van der Waals surface area contributed by atoms with Gasteiger partial charge in [0.2, 0.25) is 11.0 Å². The fourth-order valence-electron chi connectivity index (χ4n) is 2.89. The first-order valence-electron chi connectivity index (χ1n) is 9.53. The van der Waals surface area contributed by atoms with Crippen molar-refractivity contribution in [3.63, 3.8) is 0 Å². The number of hydrogen-bond acceptors (Lipinski definition) is 7. The lowest BCUT2D eigenvalue weighted by atomic mass is 10.0. The Morgan fingerprint density at radius 3 is 2.48 bits per heavy atom. The normalized spacial score (nSPS) is 10.5. The van der Waals surface area contributed by atoms with E-state index in [2.05, 4.69) is 20.8 Å². The highest BCUT2D eigenvalue weighted by molar-refractivity contribution is 8.01. The Labute approximate surface area is 188 Å². The molecule has 0 saturated heterocycles. The Kier molecular flexibility index (Phi) is 6.81. The van der Waals surface area contributed by atoms with Gasteiger partial charge in [-0.3, -0.25) is 4.79 Å². The van der Waals surface area contributed by atoms with Gasteiger partial charge in [0.1, 0.15) is 5.75 Å². The molecule has 0 atom stereocenters. The van der Waals surface area contributed by atoms with E-state index < -0.39 is 0 Å². The van der Waals surface area contributed by atoms with Crippen LogP contribution in [0.2, 0.25) is 0 Å². The maximum absolute atomic E-state index is 12.5. The first kappa shape index (κ1) is 20.9. The highest BCUT2D eigenvalue weighted by Gasteiger charge is 2.11. The van der Waals surface area contributed by atoms with Crippen LogP contribution in [-0.4, -0.2) is 29.0 Å². The second-order valence-electron chi connectivity index (χ2n) is 6.48. The summed E-state index contributed by atoms with van der Waals surface area (Å²) in [5.74, 6) is 0.951. The van der Waals surface area contributed by atoms with Crippen molar-refractivity contribution in [3.8, 4) is 16.9 Å². The lowest BCUT2D eigenvalue weighted by Crippen LogP contribution is -2.14. The van der Waals surface area contributed by atoms with Gasteiger partial charge in [0, 0.05) is 16.9 Å². The second-order valence-corrected chi connectivity index (χ2v) is 8.68. The van der Waals surface area contributed by atoms with Crippen LogP contribution >= 0.6 is 23.1 Å². The molecule has 156 valence electrons. The highest BCUT2D eigenvalue weighted by Crippen LogP contribution is 2.30. The number of carbonyl (C=O) groups is 1. The molecule has 4 rings (SSSR count). The number of benzene rings is 3. The van der Waals surface area contributed by atoms with Crippen molar-refractivity contribution >= 4 is 45.5 Å². The Balaban J connectivity index is 1.34. The number of ether oxygens (including phenoxy) is 1. The number of nitrogens with zero attached hydrogens (tertiary/aromatic N) is 2. The number of hydrogen-bond donors (Lipinski definition) is 2. The van der Waals surface area contributed by atoms with Crippen LogP contribution in [-0.2, 0) is 4.79 Å². The molecule has 1 heterocycles. The molecule has 0 radical (unpaired) electrons. The molecule has 2 N–H and O–H groups in total. The largest absolute Gasteiger partial charge is 0.497 e. The molecule has 0 unspecified atom stereocenters. The van der Waals surface area contributed by atoms with Gasteiger partial charge in [0.25, 0.3) is 0 Å². The summed E-state index contributed by atoms with van der Waals surface area (Å²) in [5.41, 5.74) is 3.73. The van der Waals surface area contributed by atoms with Crippen LogP contribution in [0.25, 0.3) is 11.1 Å². The van der Waals surface area contributed by atoms with Crippen molar-refractivity contribution in [1.82, 2.24) is 10.2 Å². The van der Waals surface area contributed by atoms with E-state index in [-0.39, 0.29) is 11.7 Å². The number of aromatic nitrogens is 2. The minimum absolute atomic E-state index is 0.0896. The topological polar surface area (TPSA) is 76.1 Å². The van der Waals surface area contributed by atoms with Gasteiger partial charge in [-0.15, -0.1) is 10.2 Å². The fourth-order valence-corrected chi connectivity index (χ4v) is 4.46. The average Bonchev–Trinajstić information content (AvgIpc) is 3.26. The van der Waals surface area contributed by atoms with Gasteiger partial charge in [-0.25, -0.2) is 0 Å². The average molecular weight is 449 g/mol. The first-order chi connectivity index (χ1) is 15.2. The molecule has 0 fully saturated rings. The van der Waals surface area contributed by atoms with Crippen molar-refractivity contribution in [2.45, 2.75) is 4.34 Å². The van der Waals surface area contributed by atoms with Crippen molar-refractivity contribution in [1.29, 1.82) is 0 Å². The molecule has 4 aromatic rings. The number of anilines is 3. The van der Waals surface area contributed by atoms with Crippen molar-refractivity contribution in [3.05, 3.63) is 78.9 Å². The van der Waals surface area contributed by atoms with E-state index in [0.717, 1.165) is 32.6 Å². The summed E-state index contributed by atoms with van der Waals surface area (Å²) >= 11 is 2.76. The van der Waals surface area contributed by atoms with Gasteiger partial charge < -0.3 is 15.4 Å². The molecule has 31 heavy (non-hydrogen) atoms. The van der Waals surface area contributed by atoms with E-state index in [0.29, 0.717) is 5.13 Å². The molecule has 0 aliphatic carbocycles. The summed E-state index contributed by atoms with van der Waals surface area (Å²) in [6, 6.07) is 25.3. The number of thioether (sulfide) groups is 1. The van der Waals surface area contributed by atoms with Crippen LogP contribution in [0.1, 0.15) is 0 Å². The molecule has 0 saturated carbocycles. The quantitative estimate of drug-likeness (QED) is 0.337. The lowest BCUT2D eigenvalue weighted by Gasteiger charge is -2.10. The standard InChI is InChI=1S/C23H20N4O2S2/c1-29-18-13-11-17(12-14-18)24-22-26-27-23(31-22)30-15-21(28)25-20-10-6-5-9-19(20)16-7-3-2-4-8-16/h2-14H,15H2,1H3,(H,24,26)(H,25,28). The monoisotopic (exact) mass is 448 g/mol. The van der Waals surface area contributed by atoms with Gasteiger partial charge in [0.15, 0.2) is 4.34 Å². The van der Waals surface area contributed by atoms with Crippen LogP contribution in [0, 0.1) is 0 Å². The molecule has 1 aromatic heterocycles. The van der Waals surface area contributed by atoms with E-state index in [1.54, 1.807) is 7.11 Å². The van der Waals surface area contributed by atoms with E-state index in [1.807, 2.05) is 78.9 Å². The maximum Gasteiger partial charge on any atom is 0.234 e. The van der Waals surface area contributed by atoms with Gasteiger partial charge >= 0.3 is 0 Å². The Hall–Kier alpha value is -3.36.